The molecule has 2 aromatic heterocycles. The smallest absolute Gasteiger partial charge is 0.289 e. The minimum atomic E-state index is -3.27. The monoisotopic (exact) mass is 296 g/mol. The number of rotatable bonds is 2. The fourth-order valence-corrected chi connectivity index (χ4v) is 1.69. The summed E-state index contributed by atoms with van der Waals surface area (Å²) < 4.78 is 37.9. The van der Waals surface area contributed by atoms with Crippen LogP contribution in [0.15, 0.2) is 15.7 Å². The van der Waals surface area contributed by atoms with E-state index in [9.17, 15) is 18.0 Å². The number of hydrogen-bond donors (Lipinski definition) is 1. The van der Waals surface area contributed by atoms with E-state index in [0.29, 0.717) is 4.68 Å². The van der Waals surface area contributed by atoms with Gasteiger partial charge in [0.2, 0.25) is 0 Å². The highest BCUT2D eigenvalue weighted by Gasteiger charge is 2.26. The Morgan fingerprint density at radius 1 is 1.44 bits per heavy atom. The molecule has 0 aliphatic rings. The SMILES string of the molecule is O=c1[nH]cnc2c(Br)nn(C(F)C(F)F)c12. The average Bonchev–Trinajstić information content (AvgIpc) is 2.57. The minimum absolute atomic E-state index is 0.0343. The third-order valence-corrected chi connectivity index (χ3v) is 2.42. The maximum absolute atomic E-state index is 13.1. The number of alkyl halides is 3. The van der Waals surface area contributed by atoms with Crippen LogP contribution in [0.25, 0.3) is 11.0 Å². The average molecular weight is 297 g/mol. The zero-order valence-electron chi connectivity index (χ0n) is 7.49. The van der Waals surface area contributed by atoms with Crippen LogP contribution in [0.1, 0.15) is 6.30 Å². The first-order valence-corrected chi connectivity index (χ1v) is 4.85. The molecule has 0 aliphatic carbocycles. The second-order valence-electron chi connectivity index (χ2n) is 2.87. The molecule has 2 aromatic rings. The topological polar surface area (TPSA) is 63.6 Å². The highest BCUT2D eigenvalue weighted by Crippen LogP contribution is 2.25. The number of aromatic amines is 1. The van der Waals surface area contributed by atoms with Crippen LogP contribution >= 0.6 is 15.9 Å². The zero-order chi connectivity index (χ0) is 11.9. The molecular formula is C7H4BrF3N4O. The fourth-order valence-electron chi connectivity index (χ4n) is 1.23. The number of nitrogens with one attached hydrogen (secondary N) is 1. The predicted octanol–water partition coefficient (Wildman–Crippen LogP) is 1.62. The van der Waals surface area contributed by atoms with Crippen molar-refractivity contribution in [3.63, 3.8) is 0 Å². The molecule has 1 unspecified atom stereocenters. The Labute approximate surface area is 94.4 Å². The fraction of sp³-hybridized carbons (Fsp3) is 0.286. The molecular weight excluding hydrogens is 293 g/mol. The van der Waals surface area contributed by atoms with Crippen LogP contribution in [0.4, 0.5) is 13.2 Å². The summed E-state index contributed by atoms with van der Waals surface area (Å²) in [6.07, 6.45) is -4.87. The largest absolute Gasteiger partial charge is 0.311 e. The molecule has 0 saturated heterocycles. The summed E-state index contributed by atoms with van der Waals surface area (Å²) in [7, 11) is 0. The molecule has 2 heterocycles. The Morgan fingerprint density at radius 3 is 2.75 bits per heavy atom. The lowest BCUT2D eigenvalue weighted by atomic mass is 10.4. The van der Waals surface area contributed by atoms with E-state index >= 15 is 0 Å². The van der Waals surface area contributed by atoms with Gasteiger partial charge in [0.15, 0.2) is 10.1 Å². The van der Waals surface area contributed by atoms with Crippen LogP contribution in [-0.2, 0) is 0 Å². The van der Waals surface area contributed by atoms with Gasteiger partial charge in [-0.1, -0.05) is 0 Å². The number of aromatic nitrogens is 4. The quantitative estimate of drug-likeness (QED) is 0.916. The van der Waals surface area contributed by atoms with Crippen molar-refractivity contribution in [2.75, 3.05) is 0 Å². The van der Waals surface area contributed by atoms with Crippen LogP contribution in [0.5, 0.6) is 0 Å². The van der Waals surface area contributed by atoms with E-state index < -0.39 is 18.3 Å². The first-order valence-electron chi connectivity index (χ1n) is 4.06. The summed E-state index contributed by atoms with van der Waals surface area (Å²) in [6.45, 7) is 0. The second kappa shape index (κ2) is 3.89. The highest BCUT2D eigenvalue weighted by molar-refractivity contribution is 9.10. The van der Waals surface area contributed by atoms with Crippen molar-refractivity contribution in [3.8, 4) is 0 Å². The van der Waals surface area contributed by atoms with Gasteiger partial charge in [-0.05, 0) is 15.9 Å². The number of fused-ring (bicyclic) bond motifs is 1. The molecule has 0 fully saturated rings. The molecule has 0 radical (unpaired) electrons. The van der Waals surface area contributed by atoms with E-state index in [1.165, 1.54) is 0 Å². The second-order valence-corrected chi connectivity index (χ2v) is 3.62. The summed E-state index contributed by atoms with van der Waals surface area (Å²) in [5, 5.41) is 3.47. The van der Waals surface area contributed by atoms with Crippen molar-refractivity contribution < 1.29 is 13.2 Å². The van der Waals surface area contributed by atoms with Crippen molar-refractivity contribution in [3.05, 3.63) is 21.3 Å². The van der Waals surface area contributed by atoms with Gasteiger partial charge in [-0.3, -0.25) is 4.79 Å². The lowest BCUT2D eigenvalue weighted by molar-refractivity contribution is 0.00315. The van der Waals surface area contributed by atoms with E-state index in [1.807, 2.05) is 0 Å². The van der Waals surface area contributed by atoms with Gasteiger partial charge in [0.25, 0.3) is 18.3 Å². The molecule has 0 saturated carbocycles. The zero-order valence-corrected chi connectivity index (χ0v) is 9.08. The molecule has 9 heteroatoms. The van der Waals surface area contributed by atoms with Crippen molar-refractivity contribution >= 4 is 27.0 Å². The molecule has 0 aromatic carbocycles. The first kappa shape index (κ1) is 11.1. The maximum Gasteiger partial charge on any atom is 0.289 e. The third-order valence-electron chi connectivity index (χ3n) is 1.89. The number of H-pyrrole nitrogens is 1. The van der Waals surface area contributed by atoms with Gasteiger partial charge in [0.05, 0.1) is 6.33 Å². The summed E-state index contributed by atoms with van der Waals surface area (Å²) in [5.41, 5.74) is -1.03. The lowest BCUT2D eigenvalue weighted by Gasteiger charge is -2.07. The van der Waals surface area contributed by atoms with Crippen molar-refractivity contribution in [1.82, 2.24) is 19.7 Å². The molecule has 86 valence electrons. The molecule has 0 bridgehead atoms. The number of halogens is 4. The molecule has 1 atom stereocenters. The van der Waals surface area contributed by atoms with Gasteiger partial charge in [-0.2, -0.15) is 5.10 Å². The van der Waals surface area contributed by atoms with Crippen LogP contribution in [0.3, 0.4) is 0 Å². The molecule has 16 heavy (non-hydrogen) atoms. The third kappa shape index (κ3) is 1.60. The van der Waals surface area contributed by atoms with Gasteiger partial charge in [-0.15, -0.1) is 0 Å². The lowest BCUT2D eigenvalue weighted by Crippen LogP contribution is -2.18. The van der Waals surface area contributed by atoms with Crippen LogP contribution in [0, 0.1) is 0 Å². The van der Waals surface area contributed by atoms with Crippen molar-refractivity contribution in [2.24, 2.45) is 0 Å². The molecule has 0 amide bonds. The van der Waals surface area contributed by atoms with E-state index in [0.717, 1.165) is 6.33 Å². The summed E-state index contributed by atoms with van der Waals surface area (Å²) in [6, 6.07) is 0. The Balaban J connectivity index is 2.76. The maximum atomic E-state index is 13.1. The summed E-state index contributed by atoms with van der Waals surface area (Å²) >= 11 is 2.91. The van der Waals surface area contributed by atoms with Crippen LogP contribution in [0.2, 0.25) is 0 Å². The molecule has 2 rings (SSSR count). The molecule has 0 aliphatic heterocycles. The van der Waals surface area contributed by atoms with Gasteiger partial charge in [-0.25, -0.2) is 22.8 Å². The van der Waals surface area contributed by atoms with Crippen molar-refractivity contribution in [2.45, 2.75) is 12.7 Å². The minimum Gasteiger partial charge on any atom is -0.311 e. The predicted molar refractivity (Wildman–Crippen MR) is 52.0 cm³/mol. The summed E-state index contributed by atoms with van der Waals surface area (Å²) in [5.74, 6) is 0. The highest BCUT2D eigenvalue weighted by atomic mass is 79.9. The Morgan fingerprint density at radius 2 is 2.12 bits per heavy atom. The molecule has 5 nitrogen and oxygen atoms in total. The Bertz CT molecular complexity index is 581. The van der Waals surface area contributed by atoms with Crippen LogP contribution < -0.4 is 5.56 Å². The van der Waals surface area contributed by atoms with Gasteiger partial charge in [0, 0.05) is 0 Å². The van der Waals surface area contributed by atoms with Gasteiger partial charge in [0.1, 0.15) is 5.52 Å². The number of nitrogens with zero attached hydrogens (tertiary/aromatic N) is 3. The molecule has 1 N–H and O–H groups in total. The molecule has 0 spiro atoms. The van der Waals surface area contributed by atoms with E-state index in [2.05, 4.69) is 31.0 Å². The Hall–Kier alpha value is -1.38. The van der Waals surface area contributed by atoms with Gasteiger partial charge < -0.3 is 4.98 Å². The Kier molecular flexibility index (Phi) is 2.70. The van der Waals surface area contributed by atoms with Crippen LogP contribution in [-0.4, -0.2) is 26.2 Å². The summed E-state index contributed by atoms with van der Waals surface area (Å²) in [4.78, 5) is 17.2. The van der Waals surface area contributed by atoms with E-state index in [1.54, 1.807) is 0 Å². The first-order chi connectivity index (χ1) is 7.52. The standard InChI is InChI=1S/C7H4BrF3N4O/c8-4-2-3(7(16)13-1-12-2)15(14-4)6(11)5(9)10/h1,5-6H,(H,12,13,16). The van der Waals surface area contributed by atoms with Crippen molar-refractivity contribution in [1.29, 1.82) is 0 Å². The van der Waals surface area contributed by atoms with E-state index in [-0.39, 0.29) is 15.6 Å². The van der Waals surface area contributed by atoms with Gasteiger partial charge >= 0.3 is 0 Å². The normalized spacial score (nSPS) is 13.6. The number of hydrogen-bond acceptors (Lipinski definition) is 3. The van der Waals surface area contributed by atoms with E-state index in [4.69, 9.17) is 0 Å².